The Morgan fingerprint density at radius 2 is 1.47 bits per heavy atom. The lowest BCUT2D eigenvalue weighted by atomic mass is 10.00. The minimum absolute atomic E-state index is 0.0164. The third-order valence-electron chi connectivity index (χ3n) is 5.37. The molecule has 3 aromatic rings. The topological polar surface area (TPSA) is 130 Å². The van der Waals surface area contributed by atoms with Crippen LogP contribution in [0, 0.1) is 0 Å². The molecule has 0 fully saturated rings. The first-order valence-electron chi connectivity index (χ1n) is 10.6. The molecule has 2 atom stereocenters. The summed E-state index contributed by atoms with van der Waals surface area (Å²) in [5.41, 5.74) is 7.61. The van der Waals surface area contributed by atoms with Crippen LogP contribution in [0.15, 0.2) is 78.9 Å². The van der Waals surface area contributed by atoms with E-state index in [1.165, 1.54) is 43.5 Å². The zero-order chi connectivity index (χ0) is 24.7. The van der Waals surface area contributed by atoms with Crippen molar-refractivity contribution in [3.8, 4) is 11.5 Å². The predicted octanol–water partition coefficient (Wildman–Crippen LogP) is 2.64. The number of hydrogen-bond donors (Lipinski definition) is 3. The number of hydrogen-bond acceptors (Lipinski definition) is 6. The Labute approximate surface area is 197 Å². The fourth-order valence-corrected chi connectivity index (χ4v) is 3.55. The van der Waals surface area contributed by atoms with E-state index in [9.17, 15) is 24.6 Å². The van der Waals surface area contributed by atoms with Crippen molar-refractivity contribution in [2.24, 2.45) is 5.73 Å². The number of aliphatic carboxylic acids is 1. The molecule has 0 saturated heterocycles. The quantitative estimate of drug-likeness (QED) is 0.446. The molecule has 0 aliphatic carbocycles. The van der Waals surface area contributed by atoms with Crippen LogP contribution >= 0.6 is 0 Å². The summed E-state index contributed by atoms with van der Waals surface area (Å²) in [5.74, 6) is -2.40. The van der Waals surface area contributed by atoms with Crippen molar-refractivity contribution in [3.05, 3.63) is 95.6 Å². The smallest absolute Gasteiger partial charge is 0.327 e. The number of imide groups is 1. The summed E-state index contributed by atoms with van der Waals surface area (Å²) >= 11 is 0. The van der Waals surface area contributed by atoms with Crippen molar-refractivity contribution in [3.63, 3.8) is 0 Å². The Balaban J connectivity index is 1.97. The zero-order valence-electron chi connectivity index (χ0n) is 18.6. The molecule has 8 nitrogen and oxygen atoms in total. The normalized spacial score (nSPS) is 12.4. The van der Waals surface area contributed by atoms with Crippen molar-refractivity contribution in [1.82, 2.24) is 4.90 Å². The van der Waals surface area contributed by atoms with Crippen molar-refractivity contribution in [2.45, 2.75) is 24.9 Å². The minimum Gasteiger partial charge on any atom is -0.508 e. The number of nitrogens with zero attached hydrogens (tertiary/aromatic N) is 1. The lowest BCUT2D eigenvalue weighted by molar-refractivity contribution is -0.148. The third-order valence-corrected chi connectivity index (χ3v) is 5.37. The second-order valence-corrected chi connectivity index (χ2v) is 7.76. The summed E-state index contributed by atoms with van der Waals surface area (Å²) in [5, 5.41) is 19.5. The predicted molar refractivity (Wildman–Crippen MR) is 126 cm³/mol. The maximum absolute atomic E-state index is 13.4. The number of nitrogens with two attached hydrogens (primary N) is 1. The Morgan fingerprint density at radius 3 is 2.03 bits per heavy atom. The van der Waals surface area contributed by atoms with E-state index in [-0.39, 0.29) is 24.2 Å². The summed E-state index contributed by atoms with van der Waals surface area (Å²) in [6.45, 7) is 0. The van der Waals surface area contributed by atoms with Gasteiger partial charge in [0.05, 0.1) is 13.2 Å². The number of benzene rings is 3. The molecule has 0 aromatic heterocycles. The second kappa shape index (κ2) is 11.1. The van der Waals surface area contributed by atoms with E-state index in [1.54, 1.807) is 36.4 Å². The first-order valence-corrected chi connectivity index (χ1v) is 10.6. The number of phenols is 1. The maximum Gasteiger partial charge on any atom is 0.327 e. The van der Waals surface area contributed by atoms with Gasteiger partial charge in [-0.25, -0.2) is 4.79 Å². The number of carboxylic acid groups (broad SMARTS) is 1. The molecule has 2 amide bonds. The maximum atomic E-state index is 13.4. The molecule has 176 valence electrons. The molecular formula is C26H26N2O6. The number of carboxylic acids is 1. The van der Waals surface area contributed by atoms with Gasteiger partial charge in [-0.3, -0.25) is 14.5 Å². The van der Waals surface area contributed by atoms with Crippen LogP contribution in [-0.2, 0) is 22.4 Å². The summed E-state index contributed by atoms with van der Waals surface area (Å²) < 4.78 is 5.11. The van der Waals surface area contributed by atoms with E-state index in [1.807, 2.05) is 6.07 Å². The van der Waals surface area contributed by atoms with Crippen LogP contribution in [0.25, 0.3) is 0 Å². The third kappa shape index (κ3) is 5.99. The molecule has 0 radical (unpaired) electrons. The fourth-order valence-electron chi connectivity index (χ4n) is 3.55. The van der Waals surface area contributed by atoms with Gasteiger partial charge in [-0.05, 0) is 53.9 Å². The Bertz CT molecular complexity index is 1130. The van der Waals surface area contributed by atoms with Gasteiger partial charge >= 0.3 is 5.97 Å². The monoisotopic (exact) mass is 462 g/mol. The van der Waals surface area contributed by atoms with E-state index in [0.29, 0.717) is 11.3 Å². The van der Waals surface area contributed by atoms with Crippen molar-refractivity contribution in [1.29, 1.82) is 0 Å². The minimum atomic E-state index is -1.51. The Hall–Kier alpha value is -4.17. The average molecular weight is 463 g/mol. The Morgan fingerprint density at radius 1 is 0.882 bits per heavy atom. The number of aromatic hydroxyl groups is 1. The van der Waals surface area contributed by atoms with Gasteiger partial charge in [-0.2, -0.15) is 0 Å². The Kier molecular flexibility index (Phi) is 8.00. The van der Waals surface area contributed by atoms with Crippen LogP contribution in [0.3, 0.4) is 0 Å². The van der Waals surface area contributed by atoms with Crippen LogP contribution in [0.1, 0.15) is 21.5 Å². The molecule has 0 bridgehead atoms. The molecule has 0 heterocycles. The summed E-state index contributed by atoms with van der Waals surface area (Å²) in [6.07, 6.45) is -0.0150. The number of methoxy groups -OCH3 is 1. The number of carbonyl (C=O) groups is 3. The summed E-state index contributed by atoms with van der Waals surface area (Å²) in [4.78, 5) is 39.9. The largest absolute Gasteiger partial charge is 0.508 e. The number of carbonyl (C=O) groups excluding carboxylic acids is 2. The standard InChI is InChI=1S/C26H26N2O6/c1-34-21-13-9-19(10-14-21)24(30)28(25(31)22(27)15-17-5-3-2-4-6-17)23(26(32)33)16-18-7-11-20(29)12-8-18/h2-14,22-23,29H,15-16,27H2,1H3,(H,32,33). The van der Waals surface area contributed by atoms with Gasteiger partial charge in [0.1, 0.15) is 17.5 Å². The molecule has 0 spiro atoms. The van der Waals surface area contributed by atoms with Crippen molar-refractivity contribution in [2.75, 3.05) is 7.11 Å². The first kappa shape index (κ1) is 24.5. The van der Waals surface area contributed by atoms with E-state index >= 15 is 0 Å². The van der Waals surface area contributed by atoms with E-state index < -0.39 is 29.9 Å². The molecule has 0 aliphatic rings. The summed E-state index contributed by atoms with van der Waals surface area (Å²) in [6, 6.07) is 18.3. The van der Waals surface area contributed by atoms with Gasteiger partial charge < -0.3 is 20.7 Å². The number of ether oxygens (including phenoxy) is 1. The molecule has 0 saturated carbocycles. The van der Waals surface area contributed by atoms with Crippen LogP contribution in [0.5, 0.6) is 11.5 Å². The van der Waals surface area contributed by atoms with E-state index in [2.05, 4.69) is 0 Å². The van der Waals surface area contributed by atoms with Gasteiger partial charge in [0.15, 0.2) is 0 Å². The zero-order valence-corrected chi connectivity index (χ0v) is 18.6. The van der Waals surface area contributed by atoms with Crippen LogP contribution in [-0.4, -0.2) is 52.1 Å². The van der Waals surface area contributed by atoms with Crippen LogP contribution in [0.2, 0.25) is 0 Å². The van der Waals surface area contributed by atoms with E-state index in [4.69, 9.17) is 10.5 Å². The lowest BCUT2D eigenvalue weighted by Crippen LogP contribution is -2.55. The fraction of sp³-hybridized carbons (Fsp3) is 0.192. The highest BCUT2D eigenvalue weighted by Crippen LogP contribution is 2.20. The first-order chi connectivity index (χ1) is 16.3. The highest BCUT2D eigenvalue weighted by Gasteiger charge is 2.37. The van der Waals surface area contributed by atoms with Gasteiger partial charge in [0.25, 0.3) is 5.91 Å². The van der Waals surface area contributed by atoms with Crippen LogP contribution in [0.4, 0.5) is 0 Å². The molecule has 0 aliphatic heterocycles. The van der Waals surface area contributed by atoms with Gasteiger partial charge in [0, 0.05) is 12.0 Å². The van der Waals surface area contributed by atoms with E-state index in [0.717, 1.165) is 10.5 Å². The molecule has 8 heteroatoms. The van der Waals surface area contributed by atoms with Crippen molar-refractivity contribution >= 4 is 17.8 Å². The second-order valence-electron chi connectivity index (χ2n) is 7.76. The summed E-state index contributed by atoms with van der Waals surface area (Å²) in [7, 11) is 1.48. The highest BCUT2D eigenvalue weighted by atomic mass is 16.5. The van der Waals surface area contributed by atoms with Gasteiger partial charge in [0.2, 0.25) is 5.91 Å². The molecule has 3 rings (SSSR count). The van der Waals surface area contributed by atoms with Crippen LogP contribution < -0.4 is 10.5 Å². The number of phenolic OH excluding ortho intramolecular Hbond substituents is 1. The molecule has 4 N–H and O–H groups in total. The van der Waals surface area contributed by atoms with Gasteiger partial charge in [-0.15, -0.1) is 0 Å². The molecule has 2 unspecified atom stereocenters. The molecule has 3 aromatic carbocycles. The molecule has 34 heavy (non-hydrogen) atoms. The molecular weight excluding hydrogens is 436 g/mol. The number of amides is 2. The highest BCUT2D eigenvalue weighted by molar-refractivity contribution is 6.08. The average Bonchev–Trinajstić information content (AvgIpc) is 2.85. The van der Waals surface area contributed by atoms with Crippen molar-refractivity contribution < 1.29 is 29.3 Å². The van der Waals surface area contributed by atoms with Gasteiger partial charge in [-0.1, -0.05) is 42.5 Å². The SMILES string of the molecule is COc1ccc(C(=O)N(C(=O)C(N)Cc2ccccc2)C(Cc2ccc(O)cc2)C(=O)O)cc1. The number of rotatable bonds is 9. The lowest BCUT2D eigenvalue weighted by Gasteiger charge is -2.30.